The Morgan fingerprint density at radius 1 is 1.37 bits per heavy atom. The predicted molar refractivity (Wildman–Crippen MR) is 70.8 cm³/mol. The molecule has 0 aromatic carbocycles. The van der Waals surface area contributed by atoms with E-state index in [1.165, 1.54) is 0 Å². The summed E-state index contributed by atoms with van der Waals surface area (Å²) in [4.78, 5) is 24.7. The van der Waals surface area contributed by atoms with Crippen LogP contribution in [0.3, 0.4) is 0 Å². The van der Waals surface area contributed by atoms with Gasteiger partial charge in [0.25, 0.3) is 0 Å². The zero-order valence-electron chi connectivity index (χ0n) is 12.4. The SMILES string of the molecule is CNC(=O)COC1(C)CCN(C(=O)OC(C)(C)C)C1. The van der Waals surface area contributed by atoms with Crippen LogP contribution in [0.5, 0.6) is 0 Å². The second-order valence-electron chi connectivity index (χ2n) is 6.06. The maximum absolute atomic E-state index is 11.9. The van der Waals surface area contributed by atoms with E-state index in [2.05, 4.69) is 5.32 Å². The second-order valence-corrected chi connectivity index (χ2v) is 6.06. The highest BCUT2D eigenvalue weighted by Crippen LogP contribution is 2.26. The van der Waals surface area contributed by atoms with Gasteiger partial charge in [-0.15, -0.1) is 0 Å². The summed E-state index contributed by atoms with van der Waals surface area (Å²) in [6.07, 6.45) is 0.364. The van der Waals surface area contributed by atoms with Crippen LogP contribution in [0.25, 0.3) is 0 Å². The van der Waals surface area contributed by atoms with E-state index in [1.54, 1.807) is 11.9 Å². The molecular formula is C13H24N2O4. The molecule has 1 heterocycles. The molecule has 0 aromatic heterocycles. The molecule has 19 heavy (non-hydrogen) atoms. The van der Waals surface area contributed by atoms with Crippen LogP contribution in [-0.2, 0) is 14.3 Å². The molecule has 1 rings (SSSR count). The van der Waals surface area contributed by atoms with E-state index in [0.29, 0.717) is 19.5 Å². The molecule has 0 saturated carbocycles. The number of hydrogen-bond acceptors (Lipinski definition) is 4. The number of carbonyl (C=O) groups excluding carboxylic acids is 2. The lowest BCUT2D eigenvalue weighted by Gasteiger charge is -2.27. The lowest BCUT2D eigenvalue weighted by Crippen LogP contribution is -2.40. The van der Waals surface area contributed by atoms with Gasteiger partial charge in [0.05, 0.1) is 12.1 Å². The largest absolute Gasteiger partial charge is 0.444 e. The third-order valence-electron chi connectivity index (χ3n) is 2.92. The molecule has 6 nitrogen and oxygen atoms in total. The first-order chi connectivity index (χ1) is 8.65. The van der Waals surface area contributed by atoms with Crippen LogP contribution in [0.15, 0.2) is 0 Å². The molecule has 0 aliphatic carbocycles. The Balaban J connectivity index is 2.48. The number of hydrogen-bond donors (Lipinski definition) is 1. The summed E-state index contributed by atoms with van der Waals surface area (Å²) in [6.45, 7) is 8.44. The van der Waals surface area contributed by atoms with Gasteiger partial charge in [-0.1, -0.05) is 0 Å². The van der Waals surface area contributed by atoms with Gasteiger partial charge in [0.1, 0.15) is 12.2 Å². The minimum absolute atomic E-state index is 0.00909. The van der Waals surface area contributed by atoms with Crippen LogP contribution >= 0.6 is 0 Å². The molecule has 0 aromatic rings. The van der Waals surface area contributed by atoms with E-state index in [0.717, 1.165) is 0 Å². The van der Waals surface area contributed by atoms with E-state index < -0.39 is 11.2 Å². The fraction of sp³-hybridized carbons (Fsp3) is 0.846. The molecular weight excluding hydrogens is 248 g/mol. The summed E-state index contributed by atoms with van der Waals surface area (Å²) in [6, 6.07) is 0. The molecule has 1 aliphatic heterocycles. The number of carbonyl (C=O) groups is 2. The Kier molecular flexibility index (Phi) is 4.79. The minimum atomic E-state index is -0.501. The highest BCUT2D eigenvalue weighted by molar-refractivity contribution is 5.76. The average molecular weight is 272 g/mol. The monoisotopic (exact) mass is 272 g/mol. The molecule has 6 heteroatoms. The molecule has 110 valence electrons. The molecule has 1 aliphatic rings. The fourth-order valence-electron chi connectivity index (χ4n) is 1.85. The third-order valence-corrected chi connectivity index (χ3v) is 2.92. The maximum atomic E-state index is 11.9. The molecule has 2 amide bonds. The van der Waals surface area contributed by atoms with Gasteiger partial charge in [0.2, 0.25) is 5.91 Å². The highest BCUT2D eigenvalue weighted by Gasteiger charge is 2.38. The fourth-order valence-corrected chi connectivity index (χ4v) is 1.85. The normalized spacial score (nSPS) is 23.3. The van der Waals surface area contributed by atoms with Gasteiger partial charge in [-0.2, -0.15) is 0 Å². The molecule has 1 atom stereocenters. The Morgan fingerprint density at radius 2 is 2.00 bits per heavy atom. The standard InChI is InChI=1S/C13H24N2O4/c1-12(2,3)19-11(17)15-7-6-13(4,9-15)18-8-10(16)14-5/h6-9H2,1-5H3,(H,14,16). The molecule has 1 saturated heterocycles. The van der Waals surface area contributed by atoms with Crippen LogP contribution in [0.4, 0.5) is 4.79 Å². The number of likely N-dealkylation sites (tertiary alicyclic amines) is 1. The van der Waals surface area contributed by atoms with Gasteiger partial charge in [-0.25, -0.2) is 4.79 Å². The minimum Gasteiger partial charge on any atom is -0.444 e. The number of ether oxygens (including phenoxy) is 2. The van der Waals surface area contributed by atoms with Crippen molar-refractivity contribution in [2.45, 2.75) is 45.3 Å². The number of likely N-dealkylation sites (N-methyl/N-ethyl adjacent to an activating group) is 1. The Labute approximate surface area is 114 Å². The maximum Gasteiger partial charge on any atom is 0.410 e. The highest BCUT2D eigenvalue weighted by atomic mass is 16.6. The first-order valence-electron chi connectivity index (χ1n) is 6.48. The van der Waals surface area contributed by atoms with Crippen molar-refractivity contribution >= 4 is 12.0 Å². The van der Waals surface area contributed by atoms with Gasteiger partial charge >= 0.3 is 6.09 Å². The van der Waals surface area contributed by atoms with E-state index >= 15 is 0 Å². The van der Waals surface area contributed by atoms with Gasteiger partial charge in [0.15, 0.2) is 0 Å². The van der Waals surface area contributed by atoms with E-state index in [1.807, 2.05) is 27.7 Å². The molecule has 1 unspecified atom stereocenters. The molecule has 1 fully saturated rings. The molecule has 0 spiro atoms. The number of nitrogens with zero attached hydrogens (tertiary/aromatic N) is 1. The van der Waals surface area contributed by atoms with Gasteiger partial charge in [-0.3, -0.25) is 4.79 Å². The zero-order valence-corrected chi connectivity index (χ0v) is 12.4. The van der Waals surface area contributed by atoms with Gasteiger partial charge in [-0.05, 0) is 34.1 Å². The number of rotatable bonds is 3. The summed E-state index contributed by atoms with van der Waals surface area (Å²) in [5.74, 6) is -0.169. The predicted octanol–water partition coefficient (Wildman–Crippen LogP) is 1.15. The van der Waals surface area contributed by atoms with Crippen molar-refractivity contribution < 1.29 is 19.1 Å². The summed E-state index contributed by atoms with van der Waals surface area (Å²) in [5, 5.41) is 2.50. The first-order valence-corrected chi connectivity index (χ1v) is 6.48. The third kappa shape index (κ3) is 5.06. The number of amides is 2. The smallest absolute Gasteiger partial charge is 0.410 e. The van der Waals surface area contributed by atoms with Crippen LogP contribution in [0.1, 0.15) is 34.1 Å². The van der Waals surface area contributed by atoms with Crippen molar-refractivity contribution in [2.24, 2.45) is 0 Å². The van der Waals surface area contributed by atoms with Crippen molar-refractivity contribution in [1.82, 2.24) is 10.2 Å². The van der Waals surface area contributed by atoms with Crippen LogP contribution < -0.4 is 5.32 Å². The molecule has 0 bridgehead atoms. The summed E-state index contributed by atoms with van der Waals surface area (Å²) >= 11 is 0. The van der Waals surface area contributed by atoms with Crippen molar-refractivity contribution in [1.29, 1.82) is 0 Å². The van der Waals surface area contributed by atoms with Crippen LogP contribution in [0.2, 0.25) is 0 Å². The molecule has 1 N–H and O–H groups in total. The average Bonchev–Trinajstić information content (AvgIpc) is 2.67. The quantitative estimate of drug-likeness (QED) is 0.837. The topological polar surface area (TPSA) is 67.9 Å². The Morgan fingerprint density at radius 3 is 2.53 bits per heavy atom. The van der Waals surface area contributed by atoms with Crippen LogP contribution in [0, 0.1) is 0 Å². The van der Waals surface area contributed by atoms with Crippen molar-refractivity contribution in [3.05, 3.63) is 0 Å². The number of nitrogens with one attached hydrogen (secondary N) is 1. The summed E-state index contributed by atoms with van der Waals surface area (Å²) in [5.41, 5.74) is -0.984. The van der Waals surface area contributed by atoms with Crippen LogP contribution in [-0.4, -0.2) is 54.8 Å². The van der Waals surface area contributed by atoms with Crippen molar-refractivity contribution in [2.75, 3.05) is 26.7 Å². The second kappa shape index (κ2) is 5.77. The lowest BCUT2D eigenvalue weighted by atomic mass is 10.1. The first kappa shape index (κ1) is 15.8. The van der Waals surface area contributed by atoms with E-state index in [9.17, 15) is 9.59 Å². The van der Waals surface area contributed by atoms with Gasteiger partial charge < -0.3 is 19.7 Å². The van der Waals surface area contributed by atoms with E-state index in [4.69, 9.17) is 9.47 Å². The Bertz CT molecular complexity index is 351. The van der Waals surface area contributed by atoms with E-state index in [-0.39, 0.29) is 18.6 Å². The summed E-state index contributed by atoms with van der Waals surface area (Å²) in [7, 11) is 1.57. The van der Waals surface area contributed by atoms with Crippen molar-refractivity contribution in [3.63, 3.8) is 0 Å². The molecule has 0 radical (unpaired) electrons. The van der Waals surface area contributed by atoms with Crippen molar-refractivity contribution in [3.8, 4) is 0 Å². The lowest BCUT2D eigenvalue weighted by molar-refractivity contribution is -0.131. The summed E-state index contributed by atoms with van der Waals surface area (Å²) < 4.78 is 10.9. The van der Waals surface area contributed by atoms with Gasteiger partial charge in [0, 0.05) is 13.6 Å². The zero-order chi connectivity index (χ0) is 14.7. The Hall–Kier alpha value is -1.30.